The molecule has 1 saturated heterocycles. The molecule has 7 heteroatoms. The maximum atomic E-state index is 13.7. The van der Waals surface area contributed by atoms with Crippen LogP contribution in [0.4, 0.5) is 0 Å². The number of Topliss-reactive ketones (excluding diaryl/α,β-unsaturated/α-hetero) is 2. The maximum absolute atomic E-state index is 13.7. The molecular weight excluding hydrogens is 879 g/mol. The molecule has 1 heterocycles. The number of aliphatic imine (C=N–C) groups is 1. The fourth-order valence-corrected chi connectivity index (χ4v) is 12.8. The molecule has 4 rings (SSSR count). The van der Waals surface area contributed by atoms with Crippen LogP contribution in [0.25, 0.3) is 0 Å². The topological polar surface area (TPSA) is 91.3 Å². The predicted octanol–water partition coefficient (Wildman–Crippen LogP) is 16.4. The van der Waals surface area contributed by atoms with Crippen LogP contribution in [-0.2, 0) is 28.6 Å². The molecule has 3 saturated carbocycles. The smallest absolute Gasteiger partial charge is 0.254 e. The highest BCUT2D eigenvalue weighted by Gasteiger charge is 2.50. The molecule has 3 aliphatic carbocycles. The van der Waals surface area contributed by atoms with Gasteiger partial charge in [0.2, 0.25) is 5.79 Å². The highest BCUT2D eigenvalue weighted by atomic mass is 16.7. The lowest BCUT2D eigenvalue weighted by Crippen LogP contribution is -2.55. The molecule has 0 amide bonds. The van der Waals surface area contributed by atoms with Gasteiger partial charge in [0.15, 0.2) is 6.29 Å². The molecule has 0 aromatic carbocycles. The molecular formula is C64H105NO6. The molecule has 0 bridgehead atoms. The number of rotatable bonds is 34. The van der Waals surface area contributed by atoms with Crippen molar-refractivity contribution < 1.29 is 28.6 Å². The second kappa shape index (κ2) is 31.9. The first-order valence-electron chi connectivity index (χ1n) is 29.3. The van der Waals surface area contributed by atoms with E-state index in [0.29, 0.717) is 42.7 Å². The van der Waals surface area contributed by atoms with Gasteiger partial charge in [0, 0.05) is 51.2 Å². The van der Waals surface area contributed by atoms with E-state index in [4.69, 9.17) is 19.2 Å². The number of aldehydes is 1. The summed E-state index contributed by atoms with van der Waals surface area (Å²) in [4.78, 5) is 42.5. The molecule has 0 N–H and O–H groups in total. The Morgan fingerprint density at radius 1 is 0.817 bits per heavy atom. The van der Waals surface area contributed by atoms with Gasteiger partial charge in [0.05, 0.1) is 12.2 Å². The summed E-state index contributed by atoms with van der Waals surface area (Å²) in [5.41, 5.74) is 5.33. The van der Waals surface area contributed by atoms with Gasteiger partial charge in [-0.15, -0.1) is 0 Å². The summed E-state index contributed by atoms with van der Waals surface area (Å²) in [7, 11) is 3.11. The van der Waals surface area contributed by atoms with E-state index in [1.807, 2.05) is 32.1 Å². The van der Waals surface area contributed by atoms with Crippen molar-refractivity contribution in [2.45, 2.75) is 235 Å². The molecule has 7 nitrogen and oxygen atoms in total. The molecule has 4 fully saturated rings. The zero-order valence-electron chi connectivity index (χ0n) is 47.5. The Morgan fingerprint density at radius 3 is 2.18 bits per heavy atom. The maximum Gasteiger partial charge on any atom is 0.254 e. The zero-order chi connectivity index (χ0) is 51.9. The van der Waals surface area contributed by atoms with Gasteiger partial charge in [0.1, 0.15) is 5.78 Å². The summed E-state index contributed by atoms with van der Waals surface area (Å²) in [6.45, 7) is 23.3. The molecule has 0 spiro atoms. The Morgan fingerprint density at radius 2 is 1.55 bits per heavy atom. The lowest BCUT2D eigenvalue weighted by atomic mass is 9.80. The monoisotopic (exact) mass is 984 g/mol. The van der Waals surface area contributed by atoms with Crippen molar-refractivity contribution in [3.05, 3.63) is 59.3 Å². The minimum Gasteiger partial charge on any atom is -0.377 e. The van der Waals surface area contributed by atoms with Crippen molar-refractivity contribution in [2.75, 3.05) is 20.8 Å². The van der Waals surface area contributed by atoms with E-state index >= 15 is 0 Å². The van der Waals surface area contributed by atoms with Crippen LogP contribution < -0.4 is 0 Å². The Kier molecular flexibility index (Phi) is 27.3. The summed E-state index contributed by atoms with van der Waals surface area (Å²) in [5, 5.41) is 0. The van der Waals surface area contributed by atoms with Gasteiger partial charge in [-0.3, -0.25) is 19.4 Å². The van der Waals surface area contributed by atoms with E-state index in [2.05, 4.69) is 79.7 Å². The quantitative estimate of drug-likeness (QED) is 0.0159. The van der Waals surface area contributed by atoms with Crippen LogP contribution in [0.5, 0.6) is 0 Å². The minimum atomic E-state index is -1.53. The van der Waals surface area contributed by atoms with Gasteiger partial charge in [-0.2, -0.15) is 0 Å². The normalized spacial score (nSPS) is 27.9. The van der Waals surface area contributed by atoms with Crippen molar-refractivity contribution in [2.24, 2.45) is 70.1 Å². The highest BCUT2D eigenvalue weighted by molar-refractivity contribution is 6.28. The number of carbonyl (C=O) groups is 3. The molecule has 0 radical (unpaired) electrons. The number of nitrogens with zero attached hydrogens (tertiary/aromatic N) is 1. The van der Waals surface area contributed by atoms with Crippen LogP contribution in [0.1, 0.15) is 217 Å². The van der Waals surface area contributed by atoms with Crippen molar-refractivity contribution in [1.82, 2.24) is 0 Å². The highest BCUT2D eigenvalue weighted by Crippen LogP contribution is 2.46. The first-order chi connectivity index (χ1) is 34.2. The Bertz CT molecular complexity index is 1800. The van der Waals surface area contributed by atoms with Crippen LogP contribution >= 0.6 is 0 Å². The number of hydrogen-bond acceptors (Lipinski definition) is 7. The Balaban J connectivity index is 1.18. The SMILES string of the molecule is C/C=C(CC)\C(CCC(CC)CC1CCC(CCC(CCC(C)/C=C(\C)C(CC(=O)C(C)CC/C=C/C=C/C=C(\C)C(CC2CC[C@@H](C)[C@](OC)(C(=O)C=O)O2)OC)C2CC2)C2CC2)[C@H](C)CC1)=N/CC. The van der Waals surface area contributed by atoms with E-state index in [1.165, 1.54) is 120 Å². The van der Waals surface area contributed by atoms with Crippen molar-refractivity contribution in [3.63, 3.8) is 0 Å². The van der Waals surface area contributed by atoms with E-state index in [-0.39, 0.29) is 24.0 Å². The third kappa shape index (κ3) is 19.8. The minimum absolute atomic E-state index is 0.0552. The average molecular weight is 985 g/mol. The Hall–Kier alpha value is -2.74. The van der Waals surface area contributed by atoms with Gasteiger partial charge in [0.25, 0.3) is 5.78 Å². The summed E-state index contributed by atoms with van der Waals surface area (Å²) in [5.74, 6) is 5.04. The lowest BCUT2D eigenvalue weighted by Gasteiger charge is -2.43. The summed E-state index contributed by atoms with van der Waals surface area (Å²) in [6, 6.07) is 0. The number of methoxy groups -OCH3 is 2. The molecule has 0 aromatic heterocycles. The second-order valence-electron chi connectivity index (χ2n) is 23.4. The van der Waals surface area contributed by atoms with E-state index in [1.54, 1.807) is 7.11 Å². The first kappa shape index (κ1) is 60.8. The Labute approximate surface area is 435 Å². The third-order valence-corrected chi connectivity index (χ3v) is 18.2. The lowest BCUT2D eigenvalue weighted by molar-refractivity contribution is -0.275. The standard InChI is InChI=1S/C64H105NO6/c1-13-51(29-39-60(65-16-4)53(14-2)15-3)41-52-27-25-46(6)54(31-28-52)32-33-55(56-34-35-56)30-24-45(5)40-49(9)59(57-36-37-57)43-61(67)47(7)22-20-18-17-19-21-23-48(8)62(69-11)42-58-38-26-50(10)64(70-12,71-58)63(68)44-66/h14,17-19,21,23,40,44-47,50-52,54-59,62H,13,15-16,20,22,24-39,41-43H2,1-12H3/b18-17+,21-19+,48-23+,49-40+,53-14-,65-60-/t45?,46-,47?,50-,51?,52?,54?,55?,58?,59?,62?,64-/m1/s1. The van der Waals surface area contributed by atoms with E-state index in [0.717, 1.165) is 86.2 Å². The molecule has 12 atom stereocenters. The largest absolute Gasteiger partial charge is 0.377 e. The van der Waals surface area contributed by atoms with Crippen molar-refractivity contribution >= 4 is 23.6 Å². The van der Waals surface area contributed by atoms with Gasteiger partial charge >= 0.3 is 0 Å². The molecule has 1 aliphatic heterocycles. The number of ketones is 2. The molecule has 71 heavy (non-hydrogen) atoms. The first-order valence-corrected chi connectivity index (χ1v) is 29.3. The number of hydrogen-bond donors (Lipinski definition) is 0. The third-order valence-electron chi connectivity index (χ3n) is 18.2. The summed E-state index contributed by atoms with van der Waals surface area (Å²) >= 11 is 0. The van der Waals surface area contributed by atoms with Crippen LogP contribution in [0.15, 0.2) is 64.2 Å². The second-order valence-corrected chi connectivity index (χ2v) is 23.4. The molecule has 402 valence electrons. The fourth-order valence-electron chi connectivity index (χ4n) is 12.8. The van der Waals surface area contributed by atoms with E-state index < -0.39 is 11.6 Å². The summed E-state index contributed by atoms with van der Waals surface area (Å²) in [6.07, 6.45) is 42.4. The average Bonchev–Trinajstić information content (AvgIpc) is 4.31. The van der Waals surface area contributed by atoms with Gasteiger partial charge < -0.3 is 14.2 Å². The van der Waals surface area contributed by atoms with Crippen molar-refractivity contribution in [1.29, 1.82) is 0 Å². The molecule has 9 unspecified atom stereocenters. The van der Waals surface area contributed by atoms with E-state index in [9.17, 15) is 14.4 Å². The van der Waals surface area contributed by atoms with Crippen LogP contribution in [-0.4, -0.2) is 62.3 Å². The van der Waals surface area contributed by atoms with Crippen LogP contribution in [0, 0.1) is 65.1 Å². The van der Waals surface area contributed by atoms with Crippen LogP contribution in [0.3, 0.4) is 0 Å². The van der Waals surface area contributed by atoms with Gasteiger partial charge in [-0.25, -0.2) is 0 Å². The van der Waals surface area contributed by atoms with Gasteiger partial charge in [-0.1, -0.05) is 115 Å². The molecule has 4 aliphatic rings. The van der Waals surface area contributed by atoms with Crippen LogP contribution in [0.2, 0.25) is 0 Å². The zero-order valence-corrected chi connectivity index (χ0v) is 47.5. The number of carbonyl (C=O) groups excluding carboxylic acids is 3. The summed E-state index contributed by atoms with van der Waals surface area (Å²) < 4.78 is 17.5. The predicted molar refractivity (Wildman–Crippen MR) is 298 cm³/mol. The van der Waals surface area contributed by atoms with Gasteiger partial charge in [-0.05, 0) is 201 Å². The number of allylic oxidation sites excluding steroid dienone is 9. The van der Waals surface area contributed by atoms with Crippen molar-refractivity contribution in [3.8, 4) is 0 Å². The molecule has 0 aromatic rings. The number of ether oxygens (including phenoxy) is 3. The fraction of sp³-hybridized carbons (Fsp3) is 0.781.